The topological polar surface area (TPSA) is 49.9 Å². The number of hydrogen-bond acceptors (Lipinski definition) is 5. The van der Waals surface area contributed by atoms with Crippen LogP contribution in [0.3, 0.4) is 0 Å². The molecular weight excluding hydrogens is 431 g/mol. The van der Waals surface area contributed by atoms with Gasteiger partial charge in [-0.1, -0.05) is 47.5 Å². The van der Waals surface area contributed by atoms with Gasteiger partial charge in [0.05, 0.1) is 21.4 Å². The Hall–Kier alpha value is -2.38. The lowest BCUT2D eigenvalue weighted by molar-refractivity contribution is -0.126. The van der Waals surface area contributed by atoms with Crippen LogP contribution in [0.25, 0.3) is 0 Å². The molecule has 5 nitrogen and oxygen atoms in total. The summed E-state index contributed by atoms with van der Waals surface area (Å²) in [6, 6.07) is 17.7. The molecule has 2 amide bonds. The average Bonchev–Trinajstić information content (AvgIpc) is 3.43. The van der Waals surface area contributed by atoms with Crippen LogP contribution in [0.2, 0.25) is 10.0 Å². The molecule has 3 atom stereocenters. The number of imide groups is 1. The zero-order valence-electron chi connectivity index (χ0n) is 14.9. The molecule has 0 unspecified atom stereocenters. The van der Waals surface area contributed by atoms with Crippen molar-refractivity contribution in [2.45, 2.75) is 12.1 Å². The number of fused-ring (bicyclic) bond motifs is 1. The summed E-state index contributed by atoms with van der Waals surface area (Å²) in [5.41, 5.74) is 1.19. The van der Waals surface area contributed by atoms with Crippen LogP contribution in [0, 0.1) is 5.92 Å². The number of para-hydroxylation sites is 1. The summed E-state index contributed by atoms with van der Waals surface area (Å²) in [7, 11) is 0. The van der Waals surface area contributed by atoms with E-state index in [1.54, 1.807) is 17.2 Å². The number of hydroxylamine groups is 1. The molecule has 0 saturated carbocycles. The van der Waals surface area contributed by atoms with E-state index in [1.807, 2.05) is 47.8 Å². The number of rotatable bonds is 3. The maximum atomic E-state index is 13.4. The standard InChI is InChI=1S/C21H14Cl2N2O3S/c22-14-9-8-13(11-15(14)23)24-20(26)17-18(16-7-4-10-29-16)25(28-19(17)21(24)27)12-5-2-1-3-6-12/h1-11,17-19H/t17-,18+,19-/m1/s1. The van der Waals surface area contributed by atoms with Gasteiger partial charge in [-0.15, -0.1) is 11.3 Å². The third kappa shape index (κ3) is 2.95. The molecule has 3 heterocycles. The number of benzene rings is 2. The first-order valence-corrected chi connectivity index (χ1v) is 10.6. The van der Waals surface area contributed by atoms with E-state index in [0.29, 0.717) is 10.7 Å². The van der Waals surface area contributed by atoms with Crippen molar-refractivity contribution in [2.75, 3.05) is 9.96 Å². The molecule has 0 bridgehead atoms. The van der Waals surface area contributed by atoms with Gasteiger partial charge in [0.2, 0.25) is 5.91 Å². The van der Waals surface area contributed by atoms with Crippen molar-refractivity contribution < 1.29 is 14.4 Å². The van der Waals surface area contributed by atoms with Crippen molar-refractivity contribution in [2.24, 2.45) is 5.92 Å². The first-order chi connectivity index (χ1) is 14.1. The van der Waals surface area contributed by atoms with Gasteiger partial charge in [-0.05, 0) is 41.8 Å². The fourth-order valence-electron chi connectivity index (χ4n) is 3.84. The van der Waals surface area contributed by atoms with Crippen LogP contribution in [0.5, 0.6) is 0 Å². The molecule has 0 spiro atoms. The molecule has 29 heavy (non-hydrogen) atoms. The fraction of sp³-hybridized carbons (Fsp3) is 0.143. The van der Waals surface area contributed by atoms with Gasteiger partial charge < -0.3 is 0 Å². The predicted octanol–water partition coefficient (Wildman–Crippen LogP) is 5.11. The van der Waals surface area contributed by atoms with Crippen molar-refractivity contribution in [3.8, 4) is 0 Å². The summed E-state index contributed by atoms with van der Waals surface area (Å²) in [6.45, 7) is 0. The molecule has 2 saturated heterocycles. The first kappa shape index (κ1) is 18.6. The highest BCUT2D eigenvalue weighted by atomic mass is 35.5. The number of hydrogen-bond donors (Lipinski definition) is 0. The third-order valence-corrected chi connectivity index (χ3v) is 6.80. The van der Waals surface area contributed by atoms with Crippen molar-refractivity contribution in [3.05, 3.63) is 81.0 Å². The Labute approximate surface area is 181 Å². The Morgan fingerprint density at radius 1 is 0.862 bits per heavy atom. The molecule has 0 N–H and O–H groups in total. The summed E-state index contributed by atoms with van der Waals surface area (Å²) in [5, 5.41) is 4.27. The second-order valence-electron chi connectivity index (χ2n) is 6.78. The minimum atomic E-state index is -0.899. The maximum absolute atomic E-state index is 13.4. The van der Waals surface area contributed by atoms with E-state index in [9.17, 15) is 9.59 Å². The summed E-state index contributed by atoms with van der Waals surface area (Å²) in [4.78, 5) is 34.7. The van der Waals surface area contributed by atoms with Crippen LogP contribution < -0.4 is 9.96 Å². The normalized spacial score (nSPS) is 23.7. The van der Waals surface area contributed by atoms with Gasteiger partial charge in [0, 0.05) is 4.88 Å². The van der Waals surface area contributed by atoms with Crippen LogP contribution in [0.4, 0.5) is 11.4 Å². The zero-order valence-corrected chi connectivity index (χ0v) is 17.2. The number of carbonyl (C=O) groups excluding carboxylic acids is 2. The van der Waals surface area contributed by atoms with E-state index >= 15 is 0 Å². The molecule has 2 aliphatic heterocycles. The summed E-state index contributed by atoms with van der Waals surface area (Å²) in [5.74, 6) is -1.37. The van der Waals surface area contributed by atoms with Gasteiger partial charge in [-0.25, -0.2) is 9.96 Å². The number of amides is 2. The minimum Gasteiger partial charge on any atom is -0.273 e. The Morgan fingerprint density at radius 2 is 1.66 bits per heavy atom. The highest BCUT2D eigenvalue weighted by Crippen LogP contribution is 2.48. The molecule has 2 fully saturated rings. The third-order valence-electron chi connectivity index (χ3n) is 5.12. The van der Waals surface area contributed by atoms with E-state index < -0.39 is 24.0 Å². The van der Waals surface area contributed by atoms with Crippen LogP contribution in [0.1, 0.15) is 10.9 Å². The second-order valence-corrected chi connectivity index (χ2v) is 8.58. The quantitative estimate of drug-likeness (QED) is 0.526. The molecule has 8 heteroatoms. The Bertz CT molecular complexity index is 1090. The summed E-state index contributed by atoms with van der Waals surface area (Å²) < 4.78 is 0. The monoisotopic (exact) mass is 444 g/mol. The molecule has 0 radical (unpaired) electrons. The van der Waals surface area contributed by atoms with Crippen LogP contribution in [-0.2, 0) is 14.4 Å². The molecule has 146 valence electrons. The van der Waals surface area contributed by atoms with E-state index in [1.165, 1.54) is 17.4 Å². The number of anilines is 2. The highest BCUT2D eigenvalue weighted by molar-refractivity contribution is 7.10. The highest BCUT2D eigenvalue weighted by Gasteiger charge is 2.60. The van der Waals surface area contributed by atoms with Gasteiger partial charge in [-0.2, -0.15) is 0 Å². The lowest BCUT2D eigenvalue weighted by atomic mass is 9.95. The van der Waals surface area contributed by atoms with Gasteiger partial charge in [0.25, 0.3) is 5.91 Å². The van der Waals surface area contributed by atoms with Gasteiger partial charge in [-0.3, -0.25) is 14.4 Å². The maximum Gasteiger partial charge on any atom is 0.266 e. The summed E-state index contributed by atoms with van der Waals surface area (Å²) >= 11 is 13.6. The number of halogens is 2. The molecule has 2 aromatic carbocycles. The van der Waals surface area contributed by atoms with Crippen LogP contribution in [0.15, 0.2) is 66.0 Å². The molecular formula is C21H14Cl2N2O3S. The molecule has 5 rings (SSSR count). The Balaban J connectivity index is 1.57. The van der Waals surface area contributed by atoms with E-state index in [-0.39, 0.29) is 10.9 Å². The SMILES string of the molecule is O=C1[C@H]2[C@@H](ON(c3ccccc3)[C@H]2c2cccs2)C(=O)N1c1ccc(Cl)c(Cl)c1. The molecule has 1 aromatic heterocycles. The van der Waals surface area contributed by atoms with Crippen molar-refractivity contribution in [1.82, 2.24) is 0 Å². The predicted molar refractivity (Wildman–Crippen MR) is 113 cm³/mol. The first-order valence-electron chi connectivity index (χ1n) is 8.93. The van der Waals surface area contributed by atoms with Crippen molar-refractivity contribution >= 4 is 57.7 Å². The lowest BCUT2D eigenvalue weighted by Crippen LogP contribution is -2.37. The van der Waals surface area contributed by atoms with Crippen molar-refractivity contribution in [3.63, 3.8) is 0 Å². The number of carbonyl (C=O) groups is 2. The fourth-order valence-corrected chi connectivity index (χ4v) is 4.99. The lowest BCUT2D eigenvalue weighted by Gasteiger charge is -2.27. The van der Waals surface area contributed by atoms with Crippen LogP contribution in [-0.4, -0.2) is 17.9 Å². The Kier molecular flexibility index (Phi) is 4.59. The van der Waals surface area contributed by atoms with Gasteiger partial charge in [0.1, 0.15) is 12.0 Å². The molecule has 3 aromatic rings. The van der Waals surface area contributed by atoms with E-state index in [4.69, 9.17) is 28.0 Å². The minimum absolute atomic E-state index is 0.281. The summed E-state index contributed by atoms with van der Waals surface area (Å²) in [6.07, 6.45) is -0.899. The zero-order chi connectivity index (χ0) is 20.1. The average molecular weight is 445 g/mol. The van der Waals surface area contributed by atoms with Gasteiger partial charge in [0.15, 0.2) is 6.10 Å². The number of thiophene rings is 1. The van der Waals surface area contributed by atoms with Crippen molar-refractivity contribution in [1.29, 1.82) is 0 Å². The Morgan fingerprint density at radius 3 is 2.34 bits per heavy atom. The molecule has 0 aliphatic carbocycles. The largest absolute Gasteiger partial charge is 0.273 e. The number of nitrogens with zero attached hydrogens (tertiary/aromatic N) is 2. The smallest absolute Gasteiger partial charge is 0.266 e. The van der Waals surface area contributed by atoms with E-state index in [0.717, 1.165) is 15.5 Å². The van der Waals surface area contributed by atoms with Crippen LogP contribution >= 0.6 is 34.5 Å². The molecule has 2 aliphatic rings. The van der Waals surface area contributed by atoms with Gasteiger partial charge >= 0.3 is 0 Å². The van der Waals surface area contributed by atoms with E-state index in [2.05, 4.69) is 0 Å². The second kappa shape index (κ2) is 7.15.